The highest BCUT2D eigenvalue weighted by atomic mass is 32.2. The molecule has 2 amide bonds. The van der Waals surface area contributed by atoms with E-state index in [1.807, 2.05) is 13.8 Å². The highest BCUT2D eigenvalue weighted by molar-refractivity contribution is 7.88. The topological polar surface area (TPSA) is 95.6 Å². The van der Waals surface area contributed by atoms with Crippen LogP contribution in [-0.2, 0) is 19.6 Å². The van der Waals surface area contributed by atoms with Crippen LogP contribution in [0.2, 0.25) is 0 Å². The SMILES string of the molecule is CC(C)N(CCCNC(=O)[C@H]1CCC(=O)N1)S(C)(=O)=O. The number of nitrogens with one attached hydrogen (secondary N) is 2. The lowest BCUT2D eigenvalue weighted by atomic mass is 10.2. The van der Waals surface area contributed by atoms with Gasteiger partial charge in [0.25, 0.3) is 0 Å². The number of rotatable bonds is 7. The van der Waals surface area contributed by atoms with E-state index in [0.717, 1.165) is 0 Å². The average molecular weight is 305 g/mol. The molecule has 1 saturated heterocycles. The zero-order valence-electron chi connectivity index (χ0n) is 12.2. The number of hydrogen-bond acceptors (Lipinski definition) is 4. The van der Waals surface area contributed by atoms with Gasteiger partial charge in [-0.1, -0.05) is 0 Å². The minimum Gasteiger partial charge on any atom is -0.354 e. The molecule has 0 unspecified atom stereocenters. The molecule has 0 aromatic rings. The van der Waals surface area contributed by atoms with Crippen LogP contribution < -0.4 is 10.6 Å². The van der Waals surface area contributed by atoms with Crippen LogP contribution >= 0.6 is 0 Å². The molecule has 1 rings (SSSR count). The molecular formula is C12H23N3O4S. The van der Waals surface area contributed by atoms with E-state index < -0.39 is 16.1 Å². The van der Waals surface area contributed by atoms with Gasteiger partial charge in [-0.25, -0.2) is 8.42 Å². The fraction of sp³-hybridized carbons (Fsp3) is 0.833. The van der Waals surface area contributed by atoms with Crippen molar-refractivity contribution < 1.29 is 18.0 Å². The Balaban J connectivity index is 2.30. The summed E-state index contributed by atoms with van der Waals surface area (Å²) in [5.74, 6) is -0.306. The van der Waals surface area contributed by atoms with Gasteiger partial charge in [0.2, 0.25) is 21.8 Å². The van der Waals surface area contributed by atoms with E-state index in [0.29, 0.717) is 32.4 Å². The van der Waals surface area contributed by atoms with E-state index in [-0.39, 0.29) is 17.9 Å². The molecule has 0 aromatic heterocycles. The van der Waals surface area contributed by atoms with Crippen LogP contribution in [0.1, 0.15) is 33.1 Å². The minimum atomic E-state index is -3.22. The van der Waals surface area contributed by atoms with Gasteiger partial charge in [-0.15, -0.1) is 0 Å². The Morgan fingerprint density at radius 3 is 2.60 bits per heavy atom. The lowest BCUT2D eigenvalue weighted by Crippen LogP contribution is -2.43. The van der Waals surface area contributed by atoms with Gasteiger partial charge in [0.15, 0.2) is 0 Å². The van der Waals surface area contributed by atoms with Gasteiger partial charge < -0.3 is 10.6 Å². The molecule has 2 N–H and O–H groups in total. The fourth-order valence-electron chi connectivity index (χ4n) is 2.19. The van der Waals surface area contributed by atoms with Crippen LogP contribution in [0.4, 0.5) is 0 Å². The summed E-state index contributed by atoms with van der Waals surface area (Å²) in [7, 11) is -3.22. The third kappa shape index (κ3) is 5.09. The first-order valence-corrected chi connectivity index (χ1v) is 8.60. The molecule has 1 heterocycles. The Morgan fingerprint density at radius 2 is 2.15 bits per heavy atom. The Labute approximate surface area is 120 Å². The predicted molar refractivity (Wildman–Crippen MR) is 75.5 cm³/mol. The van der Waals surface area contributed by atoms with Crippen LogP contribution in [0.15, 0.2) is 0 Å². The Bertz CT molecular complexity index is 461. The van der Waals surface area contributed by atoms with E-state index in [9.17, 15) is 18.0 Å². The molecule has 0 aromatic carbocycles. The Morgan fingerprint density at radius 1 is 1.50 bits per heavy atom. The monoisotopic (exact) mass is 305 g/mol. The van der Waals surface area contributed by atoms with Crippen LogP contribution in [-0.4, -0.2) is 56.0 Å². The summed E-state index contributed by atoms with van der Waals surface area (Å²) in [4.78, 5) is 22.7. The second-order valence-electron chi connectivity index (χ2n) is 5.27. The third-order valence-corrected chi connectivity index (χ3v) is 4.62. The minimum absolute atomic E-state index is 0.102. The summed E-state index contributed by atoms with van der Waals surface area (Å²) in [6, 6.07) is -0.548. The van der Waals surface area contributed by atoms with Crippen LogP contribution in [0.3, 0.4) is 0 Å². The van der Waals surface area contributed by atoms with Crippen molar-refractivity contribution in [1.29, 1.82) is 0 Å². The van der Waals surface area contributed by atoms with Crippen LogP contribution in [0.5, 0.6) is 0 Å². The first-order chi connectivity index (χ1) is 9.21. The number of carbonyl (C=O) groups excluding carboxylic acids is 2. The Kier molecular flexibility index (Phi) is 5.94. The number of hydrogen-bond donors (Lipinski definition) is 2. The van der Waals surface area contributed by atoms with E-state index in [2.05, 4.69) is 10.6 Å². The van der Waals surface area contributed by atoms with Crippen molar-refractivity contribution in [2.45, 2.75) is 45.2 Å². The summed E-state index contributed by atoms with van der Waals surface area (Å²) in [6.07, 6.45) is 2.62. The first kappa shape index (κ1) is 16.9. The molecule has 0 bridgehead atoms. The molecular weight excluding hydrogens is 282 g/mol. The van der Waals surface area contributed by atoms with Gasteiger partial charge in [0, 0.05) is 25.6 Å². The van der Waals surface area contributed by atoms with E-state index in [4.69, 9.17) is 0 Å². The third-order valence-electron chi connectivity index (χ3n) is 3.17. The number of sulfonamides is 1. The molecule has 1 atom stereocenters. The number of carbonyl (C=O) groups is 2. The molecule has 0 spiro atoms. The molecule has 7 nitrogen and oxygen atoms in total. The van der Waals surface area contributed by atoms with E-state index in [1.165, 1.54) is 10.6 Å². The van der Waals surface area contributed by atoms with Crippen molar-refractivity contribution in [3.05, 3.63) is 0 Å². The largest absolute Gasteiger partial charge is 0.354 e. The highest BCUT2D eigenvalue weighted by Crippen LogP contribution is 2.07. The average Bonchev–Trinajstić information content (AvgIpc) is 2.73. The van der Waals surface area contributed by atoms with Gasteiger partial charge in [-0.3, -0.25) is 9.59 Å². The van der Waals surface area contributed by atoms with Crippen molar-refractivity contribution in [3.8, 4) is 0 Å². The van der Waals surface area contributed by atoms with Crippen molar-refractivity contribution in [2.75, 3.05) is 19.3 Å². The molecule has 1 fully saturated rings. The molecule has 116 valence electrons. The van der Waals surface area contributed by atoms with Gasteiger partial charge in [-0.05, 0) is 26.7 Å². The van der Waals surface area contributed by atoms with Gasteiger partial charge in [-0.2, -0.15) is 4.31 Å². The summed E-state index contributed by atoms with van der Waals surface area (Å²) in [6.45, 7) is 4.39. The molecule has 1 aliphatic heterocycles. The van der Waals surface area contributed by atoms with Crippen molar-refractivity contribution in [1.82, 2.24) is 14.9 Å². The highest BCUT2D eigenvalue weighted by Gasteiger charge is 2.26. The molecule has 1 aliphatic rings. The van der Waals surface area contributed by atoms with E-state index >= 15 is 0 Å². The Hall–Kier alpha value is -1.15. The van der Waals surface area contributed by atoms with Gasteiger partial charge >= 0.3 is 0 Å². The maximum Gasteiger partial charge on any atom is 0.242 e. The summed E-state index contributed by atoms with van der Waals surface area (Å²) >= 11 is 0. The predicted octanol–water partition coefficient (Wildman–Crippen LogP) is -0.559. The van der Waals surface area contributed by atoms with Crippen molar-refractivity contribution in [2.24, 2.45) is 0 Å². The van der Waals surface area contributed by atoms with Crippen molar-refractivity contribution in [3.63, 3.8) is 0 Å². The maximum absolute atomic E-state index is 11.7. The number of nitrogens with zero attached hydrogens (tertiary/aromatic N) is 1. The second kappa shape index (κ2) is 7.03. The van der Waals surface area contributed by atoms with Gasteiger partial charge in [0.05, 0.1) is 6.26 Å². The lowest BCUT2D eigenvalue weighted by Gasteiger charge is -2.23. The zero-order valence-corrected chi connectivity index (χ0v) is 13.0. The normalized spacial score (nSPS) is 19.4. The molecule has 0 saturated carbocycles. The maximum atomic E-state index is 11.7. The van der Waals surface area contributed by atoms with Crippen molar-refractivity contribution >= 4 is 21.8 Å². The zero-order chi connectivity index (χ0) is 15.3. The first-order valence-electron chi connectivity index (χ1n) is 6.75. The summed E-state index contributed by atoms with van der Waals surface area (Å²) in [5.41, 5.74) is 0. The van der Waals surface area contributed by atoms with E-state index in [1.54, 1.807) is 0 Å². The number of amides is 2. The summed E-state index contributed by atoms with van der Waals surface area (Å²) < 4.78 is 24.5. The molecule has 0 radical (unpaired) electrons. The second-order valence-corrected chi connectivity index (χ2v) is 7.21. The van der Waals surface area contributed by atoms with Crippen LogP contribution in [0, 0.1) is 0 Å². The molecule has 20 heavy (non-hydrogen) atoms. The van der Waals surface area contributed by atoms with Gasteiger partial charge in [0.1, 0.15) is 6.04 Å². The lowest BCUT2D eigenvalue weighted by molar-refractivity contribution is -0.125. The molecule has 8 heteroatoms. The quantitative estimate of drug-likeness (QED) is 0.616. The molecule has 0 aliphatic carbocycles. The smallest absolute Gasteiger partial charge is 0.242 e. The van der Waals surface area contributed by atoms with Crippen LogP contribution in [0.25, 0.3) is 0 Å². The summed E-state index contributed by atoms with van der Waals surface area (Å²) in [5, 5.41) is 5.30. The fourth-order valence-corrected chi connectivity index (χ4v) is 3.41. The standard InChI is InChI=1S/C12H23N3O4S/c1-9(2)15(20(3,18)19)8-4-7-13-12(17)10-5-6-11(16)14-10/h9-10H,4-8H2,1-3H3,(H,13,17)(H,14,16)/t10-/m1/s1.